The third-order valence-corrected chi connectivity index (χ3v) is 4.12. The molecule has 0 aromatic rings. The molecule has 66 valence electrons. The van der Waals surface area contributed by atoms with E-state index in [0.29, 0.717) is 17.4 Å². The quantitative estimate of drug-likeness (QED) is 0.646. The second-order valence-corrected chi connectivity index (χ2v) is 5.81. The molecule has 1 unspecified atom stereocenters. The normalized spacial score (nSPS) is 26.5. The van der Waals surface area contributed by atoms with Crippen LogP contribution in [0.15, 0.2) is 0 Å². The first-order chi connectivity index (χ1) is 4.92. The van der Waals surface area contributed by atoms with Crippen molar-refractivity contribution in [3.05, 3.63) is 0 Å². The lowest BCUT2D eigenvalue weighted by atomic mass is 9.94. The zero-order chi connectivity index (χ0) is 8.65. The van der Waals surface area contributed by atoms with Gasteiger partial charge in [0.1, 0.15) is 0 Å². The molecule has 0 aliphatic carbocycles. The average molecular weight is 177 g/mol. The van der Waals surface area contributed by atoms with E-state index in [2.05, 4.69) is 0 Å². The van der Waals surface area contributed by atoms with Gasteiger partial charge in [0, 0.05) is 12.0 Å². The first-order valence-electron chi connectivity index (χ1n) is 3.88. The van der Waals surface area contributed by atoms with Gasteiger partial charge in [-0.15, -0.1) is 0 Å². The SMILES string of the molecule is CC(C)C(N)C1CS(=O)(=O)C1. The van der Waals surface area contributed by atoms with Crippen molar-refractivity contribution in [1.82, 2.24) is 0 Å². The Hall–Kier alpha value is -0.0900. The number of sulfone groups is 1. The minimum Gasteiger partial charge on any atom is -0.327 e. The van der Waals surface area contributed by atoms with Gasteiger partial charge < -0.3 is 5.73 Å². The molecule has 0 saturated carbocycles. The topological polar surface area (TPSA) is 60.2 Å². The number of nitrogens with two attached hydrogens (primary N) is 1. The van der Waals surface area contributed by atoms with Gasteiger partial charge in [0.25, 0.3) is 0 Å². The Morgan fingerprint density at radius 3 is 2.09 bits per heavy atom. The van der Waals surface area contributed by atoms with E-state index in [0.717, 1.165) is 0 Å². The fraction of sp³-hybridized carbons (Fsp3) is 1.00. The van der Waals surface area contributed by atoms with Crippen LogP contribution in [0.1, 0.15) is 13.8 Å². The standard InChI is InChI=1S/C7H15NO2S/c1-5(2)7(8)6-3-11(9,10)4-6/h5-7H,3-4,8H2,1-2H3. The van der Waals surface area contributed by atoms with Gasteiger partial charge in [0.15, 0.2) is 9.84 Å². The second kappa shape index (κ2) is 2.75. The van der Waals surface area contributed by atoms with Crippen LogP contribution in [0.4, 0.5) is 0 Å². The molecule has 0 aromatic carbocycles. The molecular weight excluding hydrogens is 162 g/mol. The van der Waals surface area contributed by atoms with Crippen molar-refractivity contribution < 1.29 is 8.42 Å². The molecule has 0 amide bonds. The van der Waals surface area contributed by atoms with Crippen LogP contribution in [0.3, 0.4) is 0 Å². The fourth-order valence-electron chi connectivity index (χ4n) is 1.37. The van der Waals surface area contributed by atoms with E-state index in [9.17, 15) is 8.42 Å². The molecule has 11 heavy (non-hydrogen) atoms. The maximum atomic E-state index is 10.8. The molecule has 2 N–H and O–H groups in total. The highest BCUT2D eigenvalue weighted by molar-refractivity contribution is 7.92. The van der Waals surface area contributed by atoms with Gasteiger partial charge in [-0.1, -0.05) is 13.8 Å². The van der Waals surface area contributed by atoms with Crippen LogP contribution in [0.25, 0.3) is 0 Å². The lowest BCUT2D eigenvalue weighted by Crippen LogP contribution is -2.49. The summed E-state index contributed by atoms with van der Waals surface area (Å²) in [5.74, 6) is 1.19. The Balaban J connectivity index is 2.44. The van der Waals surface area contributed by atoms with Crippen molar-refractivity contribution in [3.63, 3.8) is 0 Å². The van der Waals surface area contributed by atoms with Gasteiger partial charge in [-0.25, -0.2) is 8.42 Å². The van der Waals surface area contributed by atoms with E-state index in [-0.39, 0.29) is 12.0 Å². The van der Waals surface area contributed by atoms with Gasteiger partial charge >= 0.3 is 0 Å². The highest BCUT2D eigenvalue weighted by Gasteiger charge is 2.38. The summed E-state index contributed by atoms with van der Waals surface area (Å²) in [4.78, 5) is 0. The Morgan fingerprint density at radius 2 is 1.82 bits per heavy atom. The fourth-order valence-corrected chi connectivity index (χ4v) is 3.02. The van der Waals surface area contributed by atoms with E-state index in [1.165, 1.54) is 0 Å². The van der Waals surface area contributed by atoms with Crippen molar-refractivity contribution in [3.8, 4) is 0 Å². The Morgan fingerprint density at radius 1 is 1.36 bits per heavy atom. The molecule has 0 bridgehead atoms. The Labute approximate surface area is 67.9 Å². The zero-order valence-electron chi connectivity index (χ0n) is 6.95. The summed E-state index contributed by atoms with van der Waals surface area (Å²) in [6, 6.07) is 0.0542. The largest absolute Gasteiger partial charge is 0.327 e. The smallest absolute Gasteiger partial charge is 0.151 e. The molecule has 0 spiro atoms. The summed E-state index contributed by atoms with van der Waals surface area (Å²) < 4.78 is 21.5. The predicted octanol–water partition coefficient (Wildman–Crippen LogP) is 0.0143. The van der Waals surface area contributed by atoms with Crippen LogP contribution >= 0.6 is 0 Å². The van der Waals surface area contributed by atoms with E-state index >= 15 is 0 Å². The van der Waals surface area contributed by atoms with Gasteiger partial charge in [0.2, 0.25) is 0 Å². The molecule has 1 fully saturated rings. The molecule has 1 heterocycles. The maximum absolute atomic E-state index is 10.8. The van der Waals surface area contributed by atoms with Crippen LogP contribution < -0.4 is 5.73 Å². The van der Waals surface area contributed by atoms with Gasteiger partial charge in [0.05, 0.1) is 11.5 Å². The van der Waals surface area contributed by atoms with E-state index in [4.69, 9.17) is 5.73 Å². The number of rotatable bonds is 2. The van der Waals surface area contributed by atoms with Crippen LogP contribution in [0, 0.1) is 11.8 Å². The van der Waals surface area contributed by atoms with Crippen LogP contribution in [0.2, 0.25) is 0 Å². The molecule has 1 aliphatic heterocycles. The molecule has 1 aliphatic rings. The van der Waals surface area contributed by atoms with Crippen molar-refractivity contribution in [2.24, 2.45) is 17.6 Å². The van der Waals surface area contributed by atoms with Crippen molar-refractivity contribution >= 4 is 9.84 Å². The first-order valence-corrected chi connectivity index (χ1v) is 5.70. The van der Waals surface area contributed by atoms with Crippen LogP contribution in [-0.4, -0.2) is 26.0 Å². The molecule has 4 heteroatoms. The van der Waals surface area contributed by atoms with Crippen molar-refractivity contribution in [2.75, 3.05) is 11.5 Å². The molecular formula is C7H15NO2S. The second-order valence-electron chi connectivity index (χ2n) is 3.66. The monoisotopic (exact) mass is 177 g/mol. The third kappa shape index (κ3) is 1.93. The highest BCUT2D eigenvalue weighted by atomic mass is 32.2. The molecule has 3 nitrogen and oxygen atoms in total. The van der Waals surface area contributed by atoms with Crippen LogP contribution in [0.5, 0.6) is 0 Å². The minimum absolute atomic E-state index is 0.0542. The molecule has 1 rings (SSSR count). The molecule has 0 aromatic heterocycles. The Bertz CT molecular complexity index is 221. The van der Waals surface area contributed by atoms with Gasteiger partial charge in [-0.3, -0.25) is 0 Å². The summed E-state index contributed by atoms with van der Waals surface area (Å²) in [5.41, 5.74) is 5.78. The molecule has 1 atom stereocenters. The van der Waals surface area contributed by atoms with Crippen LogP contribution in [-0.2, 0) is 9.84 Å². The van der Waals surface area contributed by atoms with Gasteiger partial charge in [-0.2, -0.15) is 0 Å². The molecule has 0 radical (unpaired) electrons. The number of hydrogen-bond acceptors (Lipinski definition) is 3. The van der Waals surface area contributed by atoms with Crippen molar-refractivity contribution in [1.29, 1.82) is 0 Å². The lowest BCUT2D eigenvalue weighted by Gasteiger charge is -2.33. The Kier molecular flexibility index (Phi) is 2.25. The molecule has 1 saturated heterocycles. The zero-order valence-corrected chi connectivity index (χ0v) is 7.76. The number of hydrogen-bond donors (Lipinski definition) is 1. The van der Waals surface area contributed by atoms with E-state index in [1.807, 2.05) is 13.8 Å². The first kappa shape index (κ1) is 9.00. The third-order valence-electron chi connectivity index (χ3n) is 2.25. The lowest BCUT2D eigenvalue weighted by molar-refractivity contribution is 0.366. The van der Waals surface area contributed by atoms with Crippen molar-refractivity contribution in [2.45, 2.75) is 19.9 Å². The van der Waals surface area contributed by atoms with E-state index in [1.54, 1.807) is 0 Å². The highest BCUT2D eigenvalue weighted by Crippen LogP contribution is 2.24. The predicted molar refractivity (Wildman–Crippen MR) is 45.0 cm³/mol. The summed E-state index contributed by atoms with van der Waals surface area (Å²) >= 11 is 0. The van der Waals surface area contributed by atoms with Gasteiger partial charge in [-0.05, 0) is 5.92 Å². The minimum atomic E-state index is -2.69. The average Bonchev–Trinajstić information content (AvgIpc) is 1.80. The summed E-state index contributed by atoms with van der Waals surface area (Å²) in [5, 5.41) is 0. The van der Waals surface area contributed by atoms with E-state index < -0.39 is 9.84 Å². The summed E-state index contributed by atoms with van der Waals surface area (Å²) in [7, 11) is -2.69. The summed E-state index contributed by atoms with van der Waals surface area (Å²) in [6.07, 6.45) is 0. The summed E-state index contributed by atoms with van der Waals surface area (Å²) in [6.45, 7) is 4.05. The maximum Gasteiger partial charge on any atom is 0.151 e.